The number of halogens is 1. The van der Waals surface area contributed by atoms with Crippen LogP contribution < -0.4 is 0 Å². The van der Waals surface area contributed by atoms with E-state index in [4.69, 9.17) is 4.74 Å². The summed E-state index contributed by atoms with van der Waals surface area (Å²) < 4.78 is 7.44. The molecule has 14 heavy (non-hydrogen) atoms. The normalized spacial score (nSPS) is 40.5. The third kappa shape index (κ3) is 1.34. The van der Waals surface area contributed by atoms with Crippen LogP contribution in [0.2, 0.25) is 0 Å². The van der Waals surface area contributed by atoms with Gasteiger partial charge in [-0.3, -0.25) is 0 Å². The first-order valence-electron chi connectivity index (χ1n) is 5.59. The van der Waals surface area contributed by atoms with E-state index in [1.54, 1.807) is 0 Å². The number of allylic oxidation sites excluding steroid dienone is 4. The zero-order chi connectivity index (χ0) is 9.54. The Labute approximate surface area is 98.7 Å². The molecule has 0 N–H and O–H groups in total. The van der Waals surface area contributed by atoms with Crippen molar-refractivity contribution < 1.29 is 4.74 Å². The van der Waals surface area contributed by atoms with E-state index in [2.05, 4.69) is 34.7 Å². The summed E-state index contributed by atoms with van der Waals surface area (Å²) in [5.41, 5.74) is 0. The van der Waals surface area contributed by atoms with Gasteiger partial charge in [0.1, 0.15) is 11.9 Å². The summed E-state index contributed by atoms with van der Waals surface area (Å²) >= 11 is 2.41. The van der Waals surface area contributed by atoms with Gasteiger partial charge < -0.3 is 4.74 Å². The first-order valence-corrected chi connectivity index (χ1v) is 6.67. The number of fused-ring (bicyclic) bond motifs is 3. The second-order valence-electron chi connectivity index (χ2n) is 4.56. The molecule has 0 spiro atoms. The minimum atomic E-state index is 0.549. The SMILES string of the molecule is IC1=C2OC3CCCCC3C2CC=C1. The Morgan fingerprint density at radius 1 is 1.29 bits per heavy atom. The largest absolute Gasteiger partial charge is 0.493 e. The van der Waals surface area contributed by atoms with Gasteiger partial charge in [-0.05, 0) is 54.4 Å². The molecule has 3 rings (SSSR count). The van der Waals surface area contributed by atoms with Crippen molar-refractivity contribution in [1.29, 1.82) is 0 Å². The molecule has 0 aromatic heterocycles. The second-order valence-corrected chi connectivity index (χ2v) is 5.72. The summed E-state index contributed by atoms with van der Waals surface area (Å²) in [5, 5.41) is 0. The van der Waals surface area contributed by atoms with Gasteiger partial charge in [-0.15, -0.1) is 0 Å². The Hall–Kier alpha value is 0.01000. The summed E-state index contributed by atoms with van der Waals surface area (Å²) in [6, 6.07) is 0. The molecule has 0 aromatic carbocycles. The van der Waals surface area contributed by atoms with Crippen LogP contribution in [-0.4, -0.2) is 6.10 Å². The van der Waals surface area contributed by atoms with Crippen molar-refractivity contribution in [3.05, 3.63) is 21.5 Å². The fourth-order valence-corrected chi connectivity index (χ4v) is 3.87. The molecule has 3 aliphatic rings. The molecule has 3 unspecified atom stereocenters. The molecule has 0 radical (unpaired) electrons. The van der Waals surface area contributed by atoms with Gasteiger partial charge in [0.25, 0.3) is 0 Å². The molecule has 1 saturated carbocycles. The lowest BCUT2D eigenvalue weighted by Crippen LogP contribution is -2.24. The Kier molecular flexibility index (Phi) is 2.34. The van der Waals surface area contributed by atoms with Crippen molar-refractivity contribution in [2.45, 2.75) is 38.2 Å². The molecule has 76 valence electrons. The van der Waals surface area contributed by atoms with E-state index in [1.807, 2.05) is 0 Å². The lowest BCUT2D eigenvalue weighted by atomic mass is 9.77. The summed E-state index contributed by atoms with van der Waals surface area (Å²) in [6.45, 7) is 0. The van der Waals surface area contributed by atoms with Crippen LogP contribution in [0, 0.1) is 11.8 Å². The molecule has 2 heteroatoms. The van der Waals surface area contributed by atoms with Crippen LogP contribution in [0.5, 0.6) is 0 Å². The second kappa shape index (κ2) is 3.54. The van der Waals surface area contributed by atoms with Gasteiger partial charge in [0.15, 0.2) is 0 Å². The van der Waals surface area contributed by atoms with E-state index < -0.39 is 0 Å². The molecule has 1 saturated heterocycles. The first kappa shape index (κ1) is 9.25. The van der Waals surface area contributed by atoms with E-state index in [0.29, 0.717) is 6.10 Å². The molecule has 1 aliphatic heterocycles. The summed E-state index contributed by atoms with van der Waals surface area (Å²) in [7, 11) is 0. The standard InChI is InChI=1S/C12H15IO/c13-10-6-3-5-9-8-4-1-2-7-11(8)14-12(9)10/h3,6,8-9,11H,1-2,4-5,7H2. The average molecular weight is 302 g/mol. The third-order valence-electron chi connectivity index (χ3n) is 3.78. The molecule has 0 bridgehead atoms. The molecular weight excluding hydrogens is 287 g/mol. The highest BCUT2D eigenvalue weighted by Gasteiger charge is 2.43. The van der Waals surface area contributed by atoms with Crippen molar-refractivity contribution >= 4 is 22.6 Å². The van der Waals surface area contributed by atoms with E-state index in [-0.39, 0.29) is 0 Å². The Morgan fingerprint density at radius 3 is 3.07 bits per heavy atom. The third-order valence-corrected chi connectivity index (χ3v) is 4.67. The minimum absolute atomic E-state index is 0.549. The maximum Gasteiger partial charge on any atom is 0.113 e. The average Bonchev–Trinajstić information content (AvgIpc) is 2.59. The Balaban J connectivity index is 1.92. The molecule has 0 aromatic rings. The summed E-state index contributed by atoms with van der Waals surface area (Å²) in [6.07, 6.45) is 11.7. The number of rotatable bonds is 0. The predicted molar refractivity (Wildman–Crippen MR) is 65.1 cm³/mol. The number of ether oxygens (including phenoxy) is 1. The first-order chi connectivity index (χ1) is 6.86. The lowest BCUT2D eigenvalue weighted by molar-refractivity contribution is 0.0960. The topological polar surface area (TPSA) is 9.23 Å². The van der Waals surface area contributed by atoms with Crippen molar-refractivity contribution in [1.82, 2.24) is 0 Å². The highest BCUT2D eigenvalue weighted by Crippen LogP contribution is 2.48. The molecule has 0 amide bonds. The van der Waals surface area contributed by atoms with E-state index in [1.165, 1.54) is 41.4 Å². The Morgan fingerprint density at radius 2 is 2.14 bits per heavy atom. The number of hydrogen-bond donors (Lipinski definition) is 0. The van der Waals surface area contributed by atoms with Crippen molar-refractivity contribution in [2.75, 3.05) is 0 Å². The minimum Gasteiger partial charge on any atom is -0.493 e. The van der Waals surface area contributed by atoms with E-state index in [9.17, 15) is 0 Å². The molecule has 3 atom stereocenters. The monoisotopic (exact) mass is 302 g/mol. The number of hydrogen-bond acceptors (Lipinski definition) is 1. The zero-order valence-corrected chi connectivity index (χ0v) is 10.4. The van der Waals surface area contributed by atoms with Crippen molar-refractivity contribution in [3.8, 4) is 0 Å². The van der Waals surface area contributed by atoms with Gasteiger partial charge in [-0.25, -0.2) is 0 Å². The van der Waals surface area contributed by atoms with Gasteiger partial charge in [-0.1, -0.05) is 12.5 Å². The molecule has 1 heterocycles. The molecular formula is C12H15IO. The van der Waals surface area contributed by atoms with Gasteiger partial charge in [0.05, 0.1) is 3.58 Å². The highest BCUT2D eigenvalue weighted by atomic mass is 127. The Bertz CT molecular complexity index is 305. The van der Waals surface area contributed by atoms with Crippen molar-refractivity contribution in [3.63, 3.8) is 0 Å². The zero-order valence-electron chi connectivity index (χ0n) is 8.21. The molecule has 2 fully saturated rings. The highest BCUT2D eigenvalue weighted by molar-refractivity contribution is 14.1. The van der Waals surface area contributed by atoms with Crippen LogP contribution in [0.4, 0.5) is 0 Å². The van der Waals surface area contributed by atoms with Gasteiger partial charge in [0, 0.05) is 11.8 Å². The fraction of sp³-hybridized carbons (Fsp3) is 0.667. The van der Waals surface area contributed by atoms with Gasteiger partial charge >= 0.3 is 0 Å². The molecule has 1 nitrogen and oxygen atoms in total. The summed E-state index contributed by atoms with van der Waals surface area (Å²) in [5.74, 6) is 2.86. The van der Waals surface area contributed by atoms with E-state index in [0.717, 1.165) is 11.8 Å². The maximum atomic E-state index is 6.10. The van der Waals surface area contributed by atoms with Gasteiger partial charge in [-0.2, -0.15) is 0 Å². The molecule has 2 aliphatic carbocycles. The fourth-order valence-electron chi connectivity index (χ4n) is 3.09. The van der Waals surface area contributed by atoms with Crippen LogP contribution in [0.25, 0.3) is 0 Å². The quantitative estimate of drug-likeness (QED) is 0.619. The van der Waals surface area contributed by atoms with Crippen LogP contribution in [0.15, 0.2) is 21.5 Å². The van der Waals surface area contributed by atoms with E-state index >= 15 is 0 Å². The predicted octanol–water partition coefficient (Wildman–Crippen LogP) is 3.80. The van der Waals surface area contributed by atoms with Crippen LogP contribution >= 0.6 is 22.6 Å². The van der Waals surface area contributed by atoms with Gasteiger partial charge in [0.2, 0.25) is 0 Å². The maximum absolute atomic E-state index is 6.10. The lowest BCUT2D eigenvalue weighted by Gasteiger charge is -2.25. The smallest absolute Gasteiger partial charge is 0.113 e. The van der Waals surface area contributed by atoms with Crippen LogP contribution in [-0.2, 0) is 4.74 Å². The van der Waals surface area contributed by atoms with Crippen LogP contribution in [0.1, 0.15) is 32.1 Å². The van der Waals surface area contributed by atoms with Crippen molar-refractivity contribution in [2.24, 2.45) is 11.8 Å². The summed E-state index contributed by atoms with van der Waals surface area (Å²) in [4.78, 5) is 0. The van der Waals surface area contributed by atoms with Crippen LogP contribution in [0.3, 0.4) is 0 Å².